The smallest absolute Gasteiger partial charge is 0.261 e. The maximum absolute atomic E-state index is 12.5. The molecule has 0 unspecified atom stereocenters. The number of allylic oxidation sites excluding steroid dienone is 1. The maximum Gasteiger partial charge on any atom is 0.261 e. The lowest BCUT2D eigenvalue weighted by Gasteiger charge is -2.10. The highest BCUT2D eigenvalue weighted by molar-refractivity contribution is 7.92. The molecule has 0 fully saturated rings. The van der Waals surface area contributed by atoms with E-state index in [0.717, 1.165) is 11.1 Å². The molecule has 2 aromatic carbocycles. The minimum Gasteiger partial charge on any atom is -0.360 e. The Bertz CT molecular complexity index is 959. The predicted molar refractivity (Wildman–Crippen MR) is 96.1 cm³/mol. The number of anilines is 2. The number of nitrogens with zero attached hydrogens (tertiary/aromatic N) is 2. The van der Waals surface area contributed by atoms with E-state index in [1.807, 2.05) is 19.9 Å². The number of benzene rings is 2. The van der Waals surface area contributed by atoms with Crippen molar-refractivity contribution in [1.82, 2.24) is 0 Å². The summed E-state index contributed by atoms with van der Waals surface area (Å²) >= 11 is 0. The number of rotatable bonds is 5. The molecular formula is C18H16N4O2S. The van der Waals surface area contributed by atoms with Crippen molar-refractivity contribution in [2.24, 2.45) is 0 Å². The van der Waals surface area contributed by atoms with E-state index in [0.29, 0.717) is 11.4 Å². The van der Waals surface area contributed by atoms with Crippen LogP contribution in [0, 0.1) is 36.5 Å². The molecule has 0 amide bonds. The Morgan fingerprint density at radius 1 is 0.960 bits per heavy atom. The van der Waals surface area contributed by atoms with Gasteiger partial charge in [-0.15, -0.1) is 0 Å². The van der Waals surface area contributed by atoms with E-state index in [1.54, 1.807) is 36.4 Å². The molecule has 25 heavy (non-hydrogen) atoms. The van der Waals surface area contributed by atoms with Gasteiger partial charge in [0.1, 0.15) is 17.7 Å². The fourth-order valence-electron chi connectivity index (χ4n) is 2.22. The number of hydrogen-bond acceptors (Lipinski definition) is 5. The average Bonchev–Trinajstić information content (AvgIpc) is 2.55. The summed E-state index contributed by atoms with van der Waals surface area (Å²) in [6.45, 7) is 3.80. The van der Waals surface area contributed by atoms with E-state index in [1.165, 1.54) is 18.3 Å². The highest BCUT2D eigenvalue weighted by atomic mass is 32.2. The van der Waals surface area contributed by atoms with Crippen molar-refractivity contribution in [2.75, 3.05) is 10.0 Å². The van der Waals surface area contributed by atoms with Gasteiger partial charge in [-0.3, -0.25) is 4.72 Å². The van der Waals surface area contributed by atoms with Gasteiger partial charge in [-0.25, -0.2) is 8.42 Å². The van der Waals surface area contributed by atoms with E-state index < -0.39 is 10.0 Å². The molecule has 0 bridgehead atoms. The first-order valence-corrected chi connectivity index (χ1v) is 8.80. The lowest BCUT2D eigenvalue weighted by Crippen LogP contribution is -2.13. The van der Waals surface area contributed by atoms with Gasteiger partial charge in [-0.2, -0.15) is 10.5 Å². The van der Waals surface area contributed by atoms with E-state index in [4.69, 9.17) is 10.5 Å². The van der Waals surface area contributed by atoms with Crippen LogP contribution in [0.1, 0.15) is 11.1 Å². The van der Waals surface area contributed by atoms with Gasteiger partial charge in [0, 0.05) is 17.6 Å². The molecule has 2 rings (SSSR count). The van der Waals surface area contributed by atoms with Crippen LogP contribution in [0.25, 0.3) is 0 Å². The third kappa shape index (κ3) is 4.84. The highest BCUT2D eigenvalue weighted by Crippen LogP contribution is 2.20. The second-order valence-corrected chi connectivity index (χ2v) is 7.11. The number of hydrogen-bond donors (Lipinski definition) is 2. The van der Waals surface area contributed by atoms with Crippen molar-refractivity contribution < 1.29 is 8.42 Å². The number of nitriles is 2. The zero-order chi connectivity index (χ0) is 18.4. The Hall–Kier alpha value is -3.29. The van der Waals surface area contributed by atoms with Crippen molar-refractivity contribution in [3.63, 3.8) is 0 Å². The van der Waals surface area contributed by atoms with Gasteiger partial charge < -0.3 is 5.32 Å². The van der Waals surface area contributed by atoms with Gasteiger partial charge in [0.2, 0.25) is 0 Å². The maximum atomic E-state index is 12.5. The molecule has 0 spiro atoms. The standard InChI is InChI=1S/C18H16N4O2S/c1-13-7-14(2)9-17(8-13)22-25(23,24)18-5-3-16(4-6-18)21-12-15(10-19)11-20/h3-9,12,21-22H,1-2H3. The van der Waals surface area contributed by atoms with E-state index in [-0.39, 0.29) is 10.5 Å². The Morgan fingerprint density at radius 3 is 2.04 bits per heavy atom. The van der Waals surface area contributed by atoms with E-state index in [2.05, 4.69) is 10.0 Å². The summed E-state index contributed by atoms with van der Waals surface area (Å²) in [6, 6.07) is 14.9. The van der Waals surface area contributed by atoms with Gasteiger partial charge in [0.25, 0.3) is 10.0 Å². The van der Waals surface area contributed by atoms with Gasteiger partial charge >= 0.3 is 0 Å². The predicted octanol–water partition coefficient (Wildman–Crippen LogP) is 3.45. The summed E-state index contributed by atoms with van der Waals surface area (Å²) in [5.41, 5.74) is 2.93. The highest BCUT2D eigenvalue weighted by Gasteiger charge is 2.14. The Morgan fingerprint density at radius 2 is 1.52 bits per heavy atom. The van der Waals surface area contributed by atoms with Crippen LogP contribution in [0.15, 0.2) is 59.1 Å². The quantitative estimate of drug-likeness (QED) is 0.802. The van der Waals surface area contributed by atoms with Crippen molar-refractivity contribution in [3.05, 3.63) is 65.4 Å². The number of aryl methyl sites for hydroxylation is 2. The van der Waals surface area contributed by atoms with Crippen LogP contribution in [0.2, 0.25) is 0 Å². The van der Waals surface area contributed by atoms with Crippen molar-refractivity contribution in [3.8, 4) is 12.1 Å². The lowest BCUT2D eigenvalue weighted by molar-refractivity contribution is 0.601. The SMILES string of the molecule is Cc1cc(C)cc(NS(=O)(=O)c2ccc(NC=C(C#N)C#N)cc2)c1. The van der Waals surface area contributed by atoms with Crippen molar-refractivity contribution in [2.45, 2.75) is 18.7 Å². The van der Waals surface area contributed by atoms with Crippen LogP contribution in [0.5, 0.6) is 0 Å². The van der Waals surface area contributed by atoms with Gasteiger partial charge in [0.15, 0.2) is 0 Å². The molecule has 0 radical (unpaired) electrons. The summed E-state index contributed by atoms with van der Waals surface area (Å²) < 4.78 is 27.5. The summed E-state index contributed by atoms with van der Waals surface area (Å²) in [7, 11) is -3.70. The summed E-state index contributed by atoms with van der Waals surface area (Å²) in [5.74, 6) is 0. The van der Waals surface area contributed by atoms with E-state index >= 15 is 0 Å². The lowest BCUT2D eigenvalue weighted by atomic mass is 10.1. The average molecular weight is 352 g/mol. The third-order valence-electron chi connectivity index (χ3n) is 3.26. The van der Waals surface area contributed by atoms with Gasteiger partial charge in [-0.05, 0) is 61.4 Å². The Labute approximate surface area is 147 Å². The number of sulfonamides is 1. The zero-order valence-corrected chi connectivity index (χ0v) is 14.6. The third-order valence-corrected chi connectivity index (χ3v) is 4.66. The molecular weight excluding hydrogens is 336 g/mol. The first-order valence-electron chi connectivity index (χ1n) is 7.32. The van der Waals surface area contributed by atoms with Crippen LogP contribution in [0.3, 0.4) is 0 Å². The fraction of sp³-hybridized carbons (Fsp3) is 0.111. The van der Waals surface area contributed by atoms with Crippen LogP contribution >= 0.6 is 0 Å². The largest absolute Gasteiger partial charge is 0.360 e. The van der Waals surface area contributed by atoms with Crippen molar-refractivity contribution >= 4 is 21.4 Å². The molecule has 0 aromatic heterocycles. The molecule has 0 aliphatic carbocycles. The van der Waals surface area contributed by atoms with Gasteiger partial charge in [0.05, 0.1) is 4.90 Å². The topological polar surface area (TPSA) is 106 Å². The van der Waals surface area contributed by atoms with Gasteiger partial charge in [-0.1, -0.05) is 6.07 Å². The normalized spacial score (nSPS) is 10.2. The summed E-state index contributed by atoms with van der Waals surface area (Å²) in [4.78, 5) is 0.113. The second-order valence-electron chi connectivity index (χ2n) is 5.43. The van der Waals surface area contributed by atoms with Crippen molar-refractivity contribution in [1.29, 1.82) is 10.5 Å². The molecule has 126 valence electrons. The Balaban J connectivity index is 2.19. The molecule has 0 atom stereocenters. The van der Waals surface area contributed by atoms with Crippen LogP contribution < -0.4 is 10.0 Å². The monoisotopic (exact) mass is 352 g/mol. The molecule has 0 saturated carbocycles. The molecule has 0 heterocycles. The molecule has 2 aromatic rings. The second kappa shape index (κ2) is 7.52. The molecule has 7 heteroatoms. The Kier molecular flexibility index (Phi) is 5.43. The molecule has 2 N–H and O–H groups in total. The summed E-state index contributed by atoms with van der Waals surface area (Å²) in [6.07, 6.45) is 1.26. The minimum absolute atomic E-state index is 0.0758. The minimum atomic E-state index is -3.70. The summed E-state index contributed by atoms with van der Waals surface area (Å²) in [5, 5.41) is 20.1. The van der Waals surface area contributed by atoms with E-state index in [9.17, 15) is 8.42 Å². The molecule has 6 nitrogen and oxygen atoms in total. The van der Waals surface area contributed by atoms with Crippen LogP contribution in [-0.4, -0.2) is 8.42 Å². The first-order chi connectivity index (χ1) is 11.8. The fourth-order valence-corrected chi connectivity index (χ4v) is 3.26. The molecule has 0 aliphatic heterocycles. The zero-order valence-electron chi connectivity index (χ0n) is 13.7. The molecule has 0 aliphatic rings. The van der Waals surface area contributed by atoms with Crippen LogP contribution in [-0.2, 0) is 10.0 Å². The van der Waals surface area contributed by atoms with Crippen LogP contribution in [0.4, 0.5) is 11.4 Å². The first kappa shape index (κ1) is 18.1. The molecule has 0 saturated heterocycles. The number of nitrogens with one attached hydrogen (secondary N) is 2.